The molecule has 1 amide bonds. The molecule has 0 fully saturated rings. The maximum atomic E-state index is 13.1. The number of hydrogen-bond acceptors (Lipinski definition) is 4. The van der Waals surface area contributed by atoms with Gasteiger partial charge in [-0.15, -0.1) is 0 Å². The Balaban J connectivity index is 1.77. The van der Waals surface area contributed by atoms with E-state index in [2.05, 4.69) is 15.4 Å². The van der Waals surface area contributed by atoms with Crippen LogP contribution in [0.3, 0.4) is 0 Å². The number of amides is 1. The van der Waals surface area contributed by atoms with Gasteiger partial charge in [-0.05, 0) is 48.9 Å². The molecule has 0 saturated carbocycles. The summed E-state index contributed by atoms with van der Waals surface area (Å²) in [7, 11) is 1.59. The van der Waals surface area contributed by atoms with Crippen LogP contribution >= 0.6 is 11.6 Å². The molecule has 0 saturated heterocycles. The minimum Gasteiger partial charge on any atom is -0.378 e. The van der Waals surface area contributed by atoms with Gasteiger partial charge in [0.2, 0.25) is 0 Å². The van der Waals surface area contributed by atoms with E-state index in [9.17, 15) is 9.18 Å². The molecule has 0 spiro atoms. The minimum atomic E-state index is -0.371. The standard InChI is InChI=1S/C22H18ClFN4O2/c1-13-18(22(29)26-17-9-7-16(24)8-10-17)11-25-21-20(14-3-5-15(23)6-4-14)19(12-30-2)27-28(13)21/h3-11H,12H2,1-2H3,(H,26,29). The van der Waals surface area contributed by atoms with Gasteiger partial charge in [0.05, 0.1) is 29.1 Å². The molecule has 4 rings (SSSR count). The normalized spacial score (nSPS) is 11.1. The summed E-state index contributed by atoms with van der Waals surface area (Å²) >= 11 is 6.02. The highest BCUT2D eigenvalue weighted by Crippen LogP contribution is 2.30. The fourth-order valence-corrected chi connectivity index (χ4v) is 3.37. The number of carbonyl (C=O) groups excluding carboxylic acids is 1. The number of rotatable bonds is 5. The number of aromatic nitrogens is 3. The fraction of sp³-hybridized carbons (Fsp3) is 0.136. The minimum absolute atomic E-state index is 0.290. The van der Waals surface area contributed by atoms with Gasteiger partial charge in [0.1, 0.15) is 5.82 Å². The summed E-state index contributed by atoms with van der Waals surface area (Å²) in [5.41, 5.74) is 4.51. The second kappa shape index (κ2) is 8.22. The molecule has 152 valence electrons. The smallest absolute Gasteiger partial charge is 0.259 e. The lowest BCUT2D eigenvalue weighted by molar-refractivity contribution is 0.102. The SMILES string of the molecule is COCc1nn2c(C)c(C(=O)Nc3ccc(F)cc3)cnc2c1-c1ccc(Cl)cc1. The van der Waals surface area contributed by atoms with Crippen molar-refractivity contribution >= 4 is 28.8 Å². The van der Waals surface area contributed by atoms with Crippen molar-refractivity contribution in [2.75, 3.05) is 12.4 Å². The van der Waals surface area contributed by atoms with Crippen molar-refractivity contribution in [3.05, 3.63) is 82.5 Å². The number of ether oxygens (including phenoxy) is 1. The summed E-state index contributed by atoms with van der Waals surface area (Å²) in [4.78, 5) is 17.3. The number of methoxy groups -OCH3 is 1. The van der Waals surface area contributed by atoms with Crippen molar-refractivity contribution in [3.63, 3.8) is 0 Å². The van der Waals surface area contributed by atoms with Crippen LogP contribution in [0.2, 0.25) is 5.02 Å². The summed E-state index contributed by atoms with van der Waals surface area (Å²) in [6.45, 7) is 2.08. The Morgan fingerprint density at radius 2 is 1.87 bits per heavy atom. The van der Waals surface area contributed by atoms with Crippen molar-refractivity contribution < 1.29 is 13.9 Å². The molecule has 0 aliphatic carbocycles. The molecule has 0 aliphatic rings. The summed E-state index contributed by atoms with van der Waals surface area (Å²) in [5, 5.41) is 8.01. The van der Waals surface area contributed by atoms with Gasteiger partial charge in [0, 0.05) is 24.0 Å². The highest BCUT2D eigenvalue weighted by atomic mass is 35.5. The molecule has 8 heteroatoms. The van der Waals surface area contributed by atoms with Crippen molar-refractivity contribution in [1.82, 2.24) is 14.6 Å². The summed E-state index contributed by atoms with van der Waals surface area (Å²) in [6, 6.07) is 13.0. The zero-order chi connectivity index (χ0) is 21.3. The van der Waals surface area contributed by atoms with Crippen LogP contribution in [0.15, 0.2) is 54.7 Å². The molecule has 0 bridgehead atoms. The molecule has 2 aromatic heterocycles. The first-order valence-electron chi connectivity index (χ1n) is 9.17. The van der Waals surface area contributed by atoms with Gasteiger partial charge < -0.3 is 10.1 Å². The van der Waals surface area contributed by atoms with Gasteiger partial charge in [-0.2, -0.15) is 5.10 Å². The van der Waals surface area contributed by atoms with Crippen LogP contribution < -0.4 is 5.32 Å². The number of nitrogens with zero attached hydrogens (tertiary/aromatic N) is 3. The molecule has 0 aliphatic heterocycles. The van der Waals surface area contributed by atoms with E-state index in [0.29, 0.717) is 33.3 Å². The molecular formula is C22H18ClFN4O2. The van der Waals surface area contributed by atoms with E-state index in [4.69, 9.17) is 16.3 Å². The number of fused-ring (bicyclic) bond motifs is 1. The van der Waals surface area contributed by atoms with Crippen molar-refractivity contribution in [2.24, 2.45) is 0 Å². The number of carbonyl (C=O) groups is 1. The zero-order valence-electron chi connectivity index (χ0n) is 16.3. The predicted molar refractivity (Wildman–Crippen MR) is 113 cm³/mol. The van der Waals surface area contributed by atoms with Gasteiger partial charge in [0.25, 0.3) is 5.91 Å². The van der Waals surface area contributed by atoms with Crippen LogP contribution in [0.25, 0.3) is 16.8 Å². The molecule has 0 unspecified atom stereocenters. The van der Waals surface area contributed by atoms with Crippen LogP contribution in [0.4, 0.5) is 10.1 Å². The van der Waals surface area contributed by atoms with Crippen LogP contribution in [-0.2, 0) is 11.3 Å². The predicted octanol–water partition coefficient (Wildman–Crippen LogP) is 4.90. The van der Waals surface area contributed by atoms with E-state index in [0.717, 1.165) is 11.1 Å². The summed E-state index contributed by atoms with van der Waals surface area (Å²) in [6.07, 6.45) is 1.52. The lowest BCUT2D eigenvalue weighted by Crippen LogP contribution is -2.16. The van der Waals surface area contributed by atoms with E-state index in [-0.39, 0.29) is 18.3 Å². The average Bonchev–Trinajstić information content (AvgIpc) is 3.10. The quantitative estimate of drug-likeness (QED) is 0.495. The van der Waals surface area contributed by atoms with Crippen molar-refractivity contribution in [3.8, 4) is 11.1 Å². The lowest BCUT2D eigenvalue weighted by atomic mass is 10.1. The lowest BCUT2D eigenvalue weighted by Gasteiger charge is -2.09. The number of aryl methyl sites for hydroxylation is 1. The molecule has 0 radical (unpaired) electrons. The van der Waals surface area contributed by atoms with E-state index in [1.807, 2.05) is 12.1 Å². The first kappa shape index (κ1) is 20.0. The third-order valence-electron chi connectivity index (χ3n) is 4.72. The second-order valence-corrected chi connectivity index (χ2v) is 7.15. The third kappa shape index (κ3) is 3.77. The number of anilines is 1. The van der Waals surface area contributed by atoms with Gasteiger partial charge >= 0.3 is 0 Å². The third-order valence-corrected chi connectivity index (χ3v) is 4.97. The molecule has 30 heavy (non-hydrogen) atoms. The van der Waals surface area contributed by atoms with E-state index in [1.54, 1.807) is 30.7 Å². The van der Waals surface area contributed by atoms with Gasteiger partial charge in [-0.1, -0.05) is 23.7 Å². The topological polar surface area (TPSA) is 68.5 Å². The van der Waals surface area contributed by atoms with Crippen molar-refractivity contribution in [2.45, 2.75) is 13.5 Å². The van der Waals surface area contributed by atoms with Crippen LogP contribution in [0.5, 0.6) is 0 Å². The van der Waals surface area contributed by atoms with Gasteiger partial charge in [-0.3, -0.25) is 4.79 Å². The Labute approximate surface area is 177 Å². The molecule has 2 aromatic carbocycles. The second-order valence-electron chi connectivity index (χ2n) is 6.72. The van der Waals surface area contributed by atoms with E-state index in [1.165, 1.54) is 30.5 Å². The number of nitrogens with one attached hydrogen (secondary N) is 1. The molecular weight excluding hydrogens is 407 g/mol. The molecule has 4 aromatic rings. The summed E-state index contributed by atoms with van der Waals surface area (Å²) in [5.74, 6) is -0.727. The number of hydrogen-bond donors (Lipinski definition) is 1. The fourth-order valence-electron chi connectivity index (χ4n) is 3.24. The van der Waals surface area contributed by atoms with E-state index >= 15 is 0 Å². The number of halogens is 2. The van der Waals surface area contributed by atoms with Crippen molar-refractivity contribution in [1.29, 1.82) is 0 Å². The molecule has 1 N–H and O–H groups in total. The number of benzene rings is 2. The first-order chi connectivity index (χ1) is 14.5. The zero-order valence-corrected chi connectivity index (χ0v) is 17.1. The Bertz CT molecular complexity index is 1220. The first-order valence-corrected chi connectivity index (χ1v) is 9.54. The van der Waals surface area contributed by atoms with Gasteiger partial charge in [0.15, 0.2) is 5.65 Å². The Morgan fingerprint density at radius 3 is 2.53 bits per heavy atom. The molecule has 2 heterocycles. The van der Waals surface area contributed by atoms with Crippen LogP contribution in [0, 0.1) is 12.7 Å². The summed E-state index contributed by atoms with van der Waals surface area (Å²) < 4.78 is 20.0. The largest absolute Gasteiger partial charge is 0.378 e. The Morgan fingerprint density at radius 1 is 1.17 bits per heavy atom. The molecule has 6 nitrogen and oxygen atoms in total. The maximum absolute atomic E-state index is 13.1. The van der Waals surface area contributed by atoms with Gasteiger partial charge in [-0.25, -0.2) is 13.9 Å². The highest BCUT2D eigenvalue weighted by Gasteiger charge is 2.20. The Hall–Kier alpha value is -3.29. The van der Waals surface area contributed by atoms with E-state index < -0.39 is 0 Å². The Kier molecular flexibility index (Phi) is 5.48. The van der Waals surface area contributed by atoms with Crippen LogP contribution in [-0.4, -0.2) is 27.6 Å². The maximum Gasteiger partial charge on any atom is 0.259 e. The van der Waals surface area contributed by atoms with Crippen LogP contribution in [0.1, 0.15) is 21.7 Å². The average molecular weight is 425 g/mol. The monoisotopic (exact) mass is 424 g/mol. The highest BCUT2D eigenvalue weighted by molar-refractivity contribution is 6.30. The molecule has 0 atom stereocenters.